The van der Waals surface area contributed by atoms with Crippen molar-refractivity contribution in [2.24, 2.45) is 5.92 Å². The van der Waals surface area contributed by atoms with Crippen molar-refractivity contribution in [3.05, 3.63) is 30.6 Å². The third kappa shape index (κ3) is 2.52. The predicted molar refractivity (Wildman–Crippen MR) is 83.3 cm³/mol. The Hall–Kier alpha value is -1.55. The Morgan fingerprint density at radius 2 is 2.15 bits per heavy atom. The second kappa shape index (κ2) is 5.83. The molecule has 3 heterocycles. The molecule has 1 saturated heterocycles. The van der Waals surface area contributed by atoms with Gasteiger partial charge in [-0.25, -0.2) is 4.98 Å². The van der Waals surface area contributed by atoms with Crippen LogP contribution in [-0.2, 0) is 0 Å². The van der Waals surface area contributed by atoms with Gasteiger partial charge in [-0.3, -0.25) is 4.40 Å². The number of fused-ring (bicyclic) bond motifs is 1. The number of piperidine rings is 1. The number of aromatic nitrogens is 2. The van der Waals surface area contributed by atoms with Gasteiger partial charge in [0.1, 0.15) is 11.5 Å². The van der Waals surface area contributed by atoms with Crippen LogP contribution in [-0.4, -0.2) is 35.1 Å². The molecule has 4 nitrogen and oxygen atoms in total. The SMILES string of the molecule is CCNC(C)C1CCN(c2cccc3nccn23)CC1. The molecule has 1 atom stereocenters. The molecule has 2 aromatic heterocycles. The average molecular weight is 272 g/mol. The summed E-state index contributed by atoms with van der Waals surface area (Å²) in [6.45, 7) is 7.84. The van der Waals surface area contributed by atoms with Crippen LogP contribution >= 0.6 is 0 Å². The molecule has 3 rings (SSSR count). The van der Waals surface area contributed by atoms with Gasteiger partial charge >= 0.3 is 0 Å². The molecule has 0 saturated carbocycles. The Morgan fingerprint density at radius 3 is 2.90 bits per heavy atom. The first-order valence-corrected chi connectivity index (χ1v) is 7.70. The number of nitrogens with zero attached hydrogens (tertiary/aromatic N) is 3. The summed E-state index contributed by atoms with van der Waals surface area (Å²) >= 11 is 0. The Labute approximate surface area is 120 Å². The number of imidazole rings is 1. The van der Waals surface area contributed by atoms with Gasteiger partial charge in [0.05, 0.1) is 0 Å². The van der Waals surface area contributed by atoms with Gasteiger partial charge in [-0.05, 0) is 44.4 Å². The van der Waals surface area contributed by atoms with Crippen molar-refractivity contribution in [1.29, 1.82) is 0 Å². The third-order valence-electron chi connectivity index (χ3n) is 4.50. The summed E-state index contributed by atoms with van der Waals surface area (Å²) in [7, 11) is 0. The van der Waals surface area contributed by atoms with E-state index < -0.39 is 0 Å². The van der Waals surface area contributed by atoms with Crippen molar-refractivity contribution < 1.29 is 0 Å². The molecule has 4 heteroatoms. The first-order valence-electron chi connectivity index (χ1n) is 7.70. The van der Waals surface area contributed by atoms with Crippen molar-refractivity contribution in [2.75, 3.05) is 24.5 Å². The fourth-order valence-electron chi connectivity index (χ4n) is 3.31. The highest BCUT2D eigenvalue weighted by Crippen LogP contribution is 2.25. The van der Waals surface area contributed by atoms with Crippen molar-refractivity contribution in [3.63, 3.8) is 0 Å². The van der Waals surface area contributed by atoms with E-state index in [-0.39, 0.29) is 0 Å². The van der Waals surface area contributed by atoms with E-state index in [1.54, 1.807) is 0 Å². The molecule has 0 bridgehead atoms. The first-order chi connectivity index (χ1) is 9.79. The Bertz CT molecular complexity index is 554. The topological polar surface area (TPSA) is 32.6 Å². The molecule has 1 fully saturated rings. The Morgan fingerprint density at radius 1 is 1.35 bits per heavy atom. The molecule has 0 spiro atoms. The first kappa shape index (κ1) is 13.4. The van der Waals surface area contributed by atoms with Crippen LogP contribution in [0.25, 0.3) is 5.65 Å². The monoisotopic (exact) mass is 272 g/mol. The lowest BCUT2D eigenvalue weighted by Crippen LogP contribution is -2.42. The summed E-state index contributed by atoms with van der Waals surface area (Å²) in [5.74, 6) is 2.07. The fraction of sp³-hybridized carbons (Fsp3) is 0.562. The van der Waals surface area contributed by atoms with Crippen molar-refractivity contribution in [1.82, 2.24) is 14.7 Å². The molecule has 20 heavy (non-hydrogen) atoms. The van der Waals surface area contributed by atoms with E-state index in [1.165, 1.54) is 18.7 Å². The molecular formula is C16H24N4. The van der Waals surface area contributed by atoms with E-state index >= 15 is 0 Å². The summed E-state index contributed by atoms with van der Waals surface area (Å²) in [6, 6.07) is 6.99. The number of pyridine rings is 1. The molecule has 108 valence electrons. The summed E-state index contributed by atoms with van der Waals surface area (Å²) < 4.78 is 2.19. The van der Waals surface area contributed by atoms with E-state index in [4.69, 9.17) is 0 Å². The van der Waals surface area contributed by atoms with E-state index in [1.807, 2.05) is 6.20 Å². The zero-order valence-corrected chi connectivity index (χ0v) is 12.4. The maximum atomic E-state index is 4.37. The van der Waals surface area contributed by atoms with Crippen LogP contribution in [0, 0.1) is 5.92 Å². The third-order valence-corrected chi connectivity index (χ3v) is 4.50. The van der Waals surface area contributed by atoms with Crippen LogP contribution < -0.4 is 10.2 Å². The van der Waals surface area contributed by atoms with Gasteiger partial charge in [-0.15, -0.1) is 0 Å². The van der Waals surface area contributed by atoms with Crippen LogP contribution in [0.2, 0.25) is 0 Å². The fourth-order valence-corrected chi connectivity index (χ4v) is 3.31. The predicted octanol–water partition coefficient (Wildman–Crippen LogP) is 2.55. The number of nitrogens with one attached hydrogen (secondary N) is 1. The highest BCUT2D eigenvalue weighted by molar-refractivity contribution is 5.51. The minimum Gasteiger partial charge on any atom is -0.358 e. The molecule has 0 aromatic carbocycles. The van der Waals surface area contributed by atoms with Gasteiger partial charge in [0, 0.05) is 31.5 Å². The van der Waals surface area contributed by atoms with Crippen molar-refractivity contribution in [3.8, 4) is 0 Å². The lowest BCUT2D eigenvalue weighted by atomic mass is 9.90. The van der Waals surface area contributed by atoms with Gasteiger partial charge in [0.2, 0.25) is 0 Å². The van der Waals surface area contributed by atoms with Crippen LogP contribution in [0.1, 0.15) is 26.7 Å². The standard InChI is InChI=1S/C16H24N4/c1-3-17-13(2)14-7-10-19(11-8-14)16-6-4-5-15-18-9-12-20(15)16/h4-6,9,12-14,17H,3,7-8,10-11H2,1-2H3. The molecule has 0 aliphatic carbocycles. The van der Waals surface area contributed by atoms with E-state index in [0.717, 1.165) is 31.2 Å². The number of hydrogen-bond acceptors (Lipinski definition) is 3. The highest BCUT2D eigenvalue weighted by Gasteiger charge is 2.24. The number of anilines is 1. The minimum atomic E-state index is 0.631. The summed E-state index contributed by atoms with van der Waals surface area (Å²) in [5, 5.41) is 3.56. The van der Waals surface area contributed by atoms with Gasteiger partial charge in [-0.1, -0.05) is 13.0 Å². The summed E-state index contributed by atoms with van der Waals surface area (Å²) in [6.07, 6.45) is 6.45. The zero-order valence-electron chi connectivity index (χ0n) is 12.4. The molecule has 1 unspecified atom stereocenters. The van der Waals surface area contributed by atoms with Gasteiger partial charge in [0.15, 0.2) is 0 Å². The molecule has 1 aliphatic heterocycles. The smallest absolute Gasteiger partial charge is 0.138 e. The van der Waals surface area contributed by atoms with Gasteiger partial charge in [-0.2, -0.15) is 0 Å². The quantitative estimate of drug-likeness (QED) is 0.928. The second-order valence-electron chi connectivity index (χ2n) is 5.71. The van der Waals surface area contributed by atoms with Crippen LogP contribution in [0.15, 0.2) is 30.6 Å². The maximum absolute atomic E-state index is 4.37. The normalized spacial score (nSPS) is 18.6. The molecule has 1 aliphatic rings. The average Bonchev–Trinajstić information content (AvgIpc) is 2.96. The highest BCUT2D eigenvalue weighted by atomic mass is 15.2. The van der Waals surface area contributed by atoms with Crippen LogP contribution in [0.5, 0.6) is 0 Å². The molecule has 1 N–H and O–H groups in total. The molecule has 2 aromatic rings. The van der Waals surface area contributed by atoms with Crippen LogP contribution in [0.4, 0.5) is 5.82 Å². The Balaban J connectivity index is 1.70. The lowest BCUT2D eigenvalue weighted by Gasteiger charge is -2.36. The maximum Gasteiger partial charge on any atom is 0.138 e. The van der Waals surface area contributed by atoms with Crippen molar-refractivity contribution in [2.45, 2.75) is 32.7 Å². The largest absolute Gasteiger partial charge is 0.358 e. The van der Waals surface area contributed by atoms with Gasteiger partial charge in [0.25, 0.3) is 0 Å². The van der Waals surface area contributed by atoms with Crippen LogP contribution in [0.3, 0.4) is 0 Å². The zero-order chi connectivity index (χ0) is 13.9. The van der Waals surface area contributed by atoms with Crippen molar-refractivity contribution >= 4 is 11.5 Å². The molecule has 0 radical (unpaired) electrons. The summed E-state index contributed by atoms with van der Waals surface area (Å²) in [4.78, 5) is 6.86. The molecular weight excluding hydrogens is 248 g/mol. The number of rotatable bonds is 4. The summed E-state index contributed by atoms with van der Waals surface area (Å²) in [5.41, 5.74) is 1.03. The second-order valence-corrected chi connectivity index (χ2v) is 5.71. The molecule has 0 amide bonds. The van der Waals surface area contributed by atoms with E-state index in [2.05, 4.69) is 57.8 Å². The van der Waals surface area contributed by atoms with Gasteiger partial charge < -0.3 is 10.2 Å². The van der Waals surface area contributed by atoms with E-state index in [9.17, 15) is 0 Å². The van der Waals surface area contributed by atoms with E-state index in [0.29, 0.717) is 6.04 Å². The Kier molecular flexibility index (Phi) is 3.92. The minimum absolute atomic E-state index is 0.631. The number of hydrogen-bond donors (Lipinski definition) is 1. The lowest BCUT2D eigenvalue weighted by molar-refractivity contribution is 0.314.